The number of amides is 2. The standard InChI is InChI=1S/C23H29Br2N3O4S/c1-5-16(2)26-23(30)17(3)27(14-18-6-8-19(24)9-7-18)22(29)15-28(33(4,31)32)21-12-10-20(25)11-13-21/h6-13,16-17H,5,14-15H2,1-4H3,(H,26,30)/t16-,17-/m0/s1. The zero-order valence-corrected chi connectivity index (χ0v) is 23.1. The van der Waals surface area contributed by atoms with Gasteiger partial charge in [-0.05, 0) is 62.2 Å². The van der Waals surface area contributed by atoms with Crippen LogP contribution in [0.5, 0.6) is 0 Å². The molecule has 1 N–H and O–H groups in total. The van der Waals surface area contributed by atoms with Crippen LogP contribution in [0.2, 0.25) is 0 Å². The number of anilines is 1. The van der Waals surface area contributed by atoms with Crippen LogP contribution >= 0.6 is 31.9 Å². The minimum absolute atomic E-state index is 0.0418. The molecule has 0 spiro atoms. The molecule has 0 saturated heterocycles. The molecule has 0 unspecified atom stereocenters. The van der Waals surface area contributed by atoms with Gasteiger partial charge in [0.15, 0.2) is 0 Å². The number of hydrogen-bond acceptors (Lipinski definition) is 4. The summed E-state index contributed by atoms with van der Waals surface area (Å²) in [4.78, 5) is 27.7. The van der Waals surface area contributed by atoms with Crippen molar-refractivity contribution in [2.45, 2.75) is 45.8 Å². The monoisotopic (exact) mass is 601 g/mol. The van der Waals surface area contributed by atoms with Crippen molar-refractivity contribution in [3.8, 4) is 0 Å². The van der Waals surface area contributed by atoms with E-state index in [1.54, 1.807) is 31.2 Å². The van der Waals surface area contributed by atoms with Crippen LogP contribution in [-0.4, -0.2) is 50.0 Å². The van der Waals surface area contributed by atoms with Gasteiger partial charge in [-0.1, -0.05) is 50.9 Å². The summed E-state index contributed by atoms with van der Waals surface area (Å²) >= 11 is 6.72. The minimum atomic E-state index is -3.74. The first-order chi connectivity index (χ1) is 15.4. The van der Waals surface area contributed by atoms with E-state index in [1.165, 1.54) is 4.90 Å². The van der Waals surface area contributed by atoms with Gasteiger partial charge in [0.05, 0.1) is 11.9 Å². The normalized spacial score (nSPS) is 13.2. The highest BCUT2D eigenvalue weighted by Crippen LogP contribution is 2.22. The second-order valence-electron chi connectivity index (χ2n) is 7.89. The van der Waals surface area contributed by atoms with Crippen LogP contribution in [0, 0.1) is 0 Å². The molecule has 0 heterocycles. The van der Waals surface area contributed by atoms with Gasteiger partial charge >= 0.3 is 0 Å². The van der Waals surface area contributed by atoms with E-state index in [0.29, 0.717) is 5.69 Å². The van der Waals surface area contributed by atoms with Crippen molar-refractivity contribution in [3.63, 3.8) is 0 Å². The van der Waals surface area contributed by atoms with Gasteiger partial charge in [-0.2, -0.15) is 0 Å². The van der Waals surface area contributed by atoms with E-state index in [4.69, 9.17) is 0 Å². The Kier molecular flexibility index (Phi) is 9.93. The van der Waals surface area contributed by atoms with Crippen LogP contribution in [0.4, 0.5) is 5.69 Å². The molecule has 0 aliphatic rings. The number of nitrogens with zero attached hydrogens (tertiary/aromatic N) is 2. The lowest BCUT2D eigenvalue weighted by atomic mass is 10.1. The predicted molar refractivity (Wildman–Crippen MR) is 138 cm³/mol. The van der Waals surface area contributed by atoms with Crippen LogP contribution in [0.25, 0.3) is 0 Å². The highest BCUT2D eigenvalue weighted by molar-refractivity contribution is 9.10. The Labute approximate surface area is 212 Å². The summed E-state index contributed by atoms with van der Waals surface area (Å²) in [7, 11) is -3.74. The van der Waals surface area contributed by atoms with E-state index in [0.717, 1.165) is 31.5 Å². The molecule has 0 aliphatic carbocycles. The number of sulfonamides is 1. The van der Waals surface area contributed by atoms with E-state index in [9.17, 15) is 18.0 Å². The van der Waals surface area contributed by atoms with Crippen LogP contribution in [0.1, 0.15) is 32.8 Å². The average molecular weight is 603 g/mol. The molecule has 2 rings (SSSR count). The molecule has 33 heavy (non-hydrogen) atoms. The van der Waals surface area contributed by atoms with E-state index in [-0.39, 0.29) is 18.5 Å². The molecule has 2 amide bonds. The van der Waals surface area contributed by atoms with E-state index >= 15 is 0 Å². The van der Waals surface area contributed by atoms with Crippen molar-refractivity contribution in [2.24, 2.45) is 0 Å². The first kappa shape index (κ1) is 27.3. The summed E-state index contributed by atoms with van der Waals surface area (Å²) in [6.07, 6.45) is 1.81. The number of rotatable bonds is 10. The highest BCUT2D eigenvalue weighted by Gasteiger charge is 2.30. The van der Waals surface area contributed by atoms with Crippen LogP contribution in [0.15, 0.2) is 57.5 Å². The summed E-state index contributed by atoms with van der Waals surface area (Å²) < 4.78 is 27.8. The lowest BCUT2D eigenvalue weighted by molar-refractivity contribution is -0.139. The molecule has 0 fully saturated rings. The van der Waals surface area contributed by atoms with Crippen molar-refractivity contribution in [2.75, 3.05) is 17.1 Å². The third-order valence-corrected chi connectivity index (χ3v) is 7.43. The molecule has 0 radical (unpaired) electrons. The Morgan fingerprint density at radius 3 is 1.97 bits per heavy atom. The summed E-state index contributed by atoms with van der Waals surface area (Å²) in [6, 6.07) is 13.2. The number of hydrogen-bond donors (Lipinski definition) is 1. The maximum atomic E-state index is 13.4. The molecular formula is C23H29Br2N3O4S. The number of carbonyl (C=O) groups excluding carboxylic acids is 2. The van der Waals surface area contributed by atoms with E-state index in [1.807, 2.05) is 38.1 Å². The molecule has 2 aromatic rings. The number of benzene rings is 2. The van der Waals surface area contributed by atoms with Gasteiger partial charge in [0.25, 0.3) is 0 Å². The quantitative estimate of drug-likeness (QED) is 0.439. The number of halogens is 2. The van der Waals surface area contributed by atoms with Gasteiger partial charge < -0.3 is 10.2 Å². The maximum absolute atomic E-state index is 13.4. The summed E-state index contributed by atoms with van der Waals surface area (Å²) in [5, 5.41) is 2.90. The van der Waals surface area contributed by atoms with Gasteiger partial charge in [0, 0.05) is 21.5 Å². The van der Waals surface area contributed by atoms with E-state index < -0.39 is 28.5 Å². The lowest BCUT2D eigenvalue weighted by Crippen LogP contribution is -2.52. The Morgan fingerprint density at radius 1 is 0.970 bits per heavy atom. The molecule has 7 nitrogen and oxygen atoms in total. The third-order valence-electron chi connectivity index (χ3n) is 5.23. The molecule has 0 bridgehead atoms. The maximum Gasteiger partial charge on any atom is 0.244 e. The molecular weight excluding hydrogens is 574 g/mol. The van der Waals surface area contributed by atoms with Crippen molar-refractivity contribution in [3.05, 3.63) is 63.0 Å². The average Bonchev–Trinajstić information content (AvgIpc) is 2.76. The fourth-order valence-electron chi connectivity index (χ4n) is 3.06. The molecule has 2 atom stereocenters. The Bertz CT molecular complexity index is 1060. The largest absolute Gasteiger partial charge is 0.352 e. The Hall–Kier alpha value is -1.91. The van der Waals surface area contributed by atoms with Crippen molar-refractivity contribution in [1.82, 2.24) is 10.2 Å². The third kappa shape index (κ3) is 8.12. The fourth-order valence-corrected chi connectivity index (χ4v) is 4.43. The van der Waals surface area contributed by atoms with Gasteiger partial charge in [-0.3, -0.25) is 13.9 Å². The number of carbonyl (C=O) groups is 2. The van der Waals surface area contributed by atoms with Gasteiger partial charge in [-0.15, -0.1) is 0 Å². The zero-order chi connectivity index (χ0) is 24.8. The first-order valence-corrected chi connectivity index (χ1v) is 13.9. The smallest absolute Gasteiger partial charge is 0.244 e. The fraction of sp³-hybridized carbons (Fsp3) is 0.391. The summed E-state index contributed by atoms with van der Waals surface area (Å²) in [6.45, 7) is 5.25. The van der Waals surface area contributed by atoms with Gasteiger partial charge in [0.2, 0.25) is 21.8 Å². The highest BCUT2D eigenvalue weighted by atomic mass is 79.9. The first-order valence-electron chi connectivity index (χ1n) is 10.5. The van der Waals surface area contributed by atoms with Crippen LogP contribution in [0.3, 0.4) is 0 Å². The van der Waals surface area contributed by atoms with E-state index in [2.05, 4.69) is 37.2 Å². The SMILES string of the molecule is CC[C@H](C)NC(=O)[C@H](C)N(Cc1ccc(Br)cc1)C(=O)CN(c1ccc(Br)cc1)S(C)(=O)=O. The topological polar surface area (TPSA) is 86.8 Å². The summed E-state index contributed by atoms with van der Waals surface area (Å²) in [5.41, 5.74) is 1.19. The molecule has 0 aliphatic heterocycles. The van der Waals surface area contributed by atoms with Gasteiger partial charge in [0.1, 0.15) is 12.6 Å². The molecule has 180 valence electrons. The predicted octanol–water partition coefficient (Wildman–Crippen LogP) is 4.31. The minimum Gasteiger partial charge on any atom is -0.352 e. The second-order valence-corrected chi connectivity index (χ2v) is 11.6. The molecule has 10 heteroatoms. The molecule has 0 aromatic heterocycles. The van der Waals surface area contributed by atoms with Crippen molar-refractivity contribution >= 4 is 59.4 Å². The van der Waals surface area contributed by atoms with Crippen LogP contribution in [-0.2, 0) is 26.2 Å². The Morgan fingerprint density at radius 2 is 1.48 bits per heavy atom. The Balaban J connectivity index is 2.36. The molecule has 0 saturated carbocycles. The second kappa shape index (κ2) is 12.0. The van der Waals surface area contributed by atoms with Crippen LogP contribution < -0.4 is 9.62 Å². The van der Waals surface area contributed by atoms with Crippen molar-refractivity contribution < 1.29 is 18.0 Å². The van der Waals surface area contributed by atoms with Gasteiger partial charge in [-0.25, -0.2) is 8.42 Å². The lowest BCUT2D eigenvalue weighted by Gasteiger charge is -2.32. The van der Waals surface area contributed by atoms with Crippen molar-refractivity contribution in [1.29, 1.82) is 0 Å². The molecule has 2 aromatic carbocycles. The summed E-state index contributed by atoms with van der Waals surface area (Å²) in [5.74, 6) is -0.762. The zero-order valence-electron chi connectivity index (χ0n) is 19.1. The number of nitrogens with one attached hydrogen (secondary N) is 1.